The van der Waals surface area contributed by atoms with Gasteiger partial charge in [0.05, 0.1) is 11.3 Å². The van der Waals surface area contributed by atoms with Gasteiger partial charge >= 0.3 is 5.97 Å². The number of hydrogen-bond acceptors (Lipinski definition) is 3. The van der Waals surface area contributed by atoms with Gasteiger partial charge in [0.1, 0.15) is 0 Å². The van der Waals surface area contributed by atoms with E-state index in [4.69, 9.17) is 10.8 Å². The van der Waals surface area contributed by atoms with Crippen molar-refractivity contribution in [2.75, 3.05) is 18.0 Å². The van der Waals surface area contributed by atoms with E-state index in [2.05, 4.69) is 0 Å². The molecular formula is C14H18F2N2O2. The summed E-state index contributed by atoms with van der Waals surface area (Å²) in [5, 5.41) is 8.79. The molecule has 1 aliphatic heterocycles. The summed E-state index contributed by atoms with van der Waals surface area (Å²) in [5.74, 6) is -3.86. The smallest absolute Gasteiger partial charge is 0.338 e. The summed E-state index contributed by atoms with van der Waals surface area (Å²) in [6.45, 7) is 1.12. The number of aromatic carboxylic acids is 1. The molecule has 1 aliphatic rings. The first-order valence-electron chi connectivity index (χ1n) is 6.74. The molecule has 1 aromatic rings. The third-order valence-corrected chi connectivity index (χ3v) is 3.73. The maximum Gasteiger partial charge on any atom is 0.338 e. The van der Waals surface area contributed by atoms with Gasteiger partial charge in [-0.3, -0.25) is 0 Å². The lowest BCUT2D eigenvalue weighted by atomic mass is 9.98. The van der Waals surface area contributed by atoms with Gasteiger partial charge < -0.3 is 15.7 Å². The standard InChI is InChI=1S/C14H18F2N2O2/c15-12-10(14(19)20)4-5-11(13(12)16)18-8-2-1-3-9(18)6-7-17/h4-5,9H,1-3,6-8,17H2,(H,19,20). The van der Waals surface area contributed by atoms with E-state index in [9.17, 15) is 13.6 Å². The molecule has 1 saturated heterocycles. The van der Waals surface area contributed by atoms with Gasteiger partial charge in [-0.25, -0.2) is 13.6 Å². The van der Waals surface area contributed by atoms with E-state index in [0.717, 1.165) is 25.3 Å². The first kappa shape index (κ1) is 14.7. The molecule has 1 aromatic carbocycles. The molecular weight excluding hydrogens is 266 g/mol. The Bertz CT molecular complexity index is 506. The number of rotatable bonds is 4. The fourth-order valence-electron chi connectivity index (χ4n) is 2.74. The van der Waals surface area contributed by atoms with Crippen LogP contribution in [0.1, 0.15) is 36.0 Å². The highest BCUT2D eigenvalue weighted by molar-refractivity contribution is 5.88. The lowest BCUT2D eigenvalue weighted by Crippen LogP contribution is -2.41. The number of nitrogens with zero attached hydrogens (tertiary/aromatic N) is 1. The zero-order valence-corrected chi connectivity index (χ0v) is 11.1. The topological polar surface area (TPSA) is 66.6 Å². The minimum atomic E-state index is -1.47. The Morgan fingerprint density at radius 1 is 1.35 bits per heavy atom. The molecule has 0 aliphatic carbocycles. The normalized spacial score (nSPS) is 19.1. The largest absolute Gasteiger partial charge is 0.478 e. The van der Waals surface area contributed by atoms with Crippen LogP contribution in [0.3, 0.4) is 0 Å². The van der Waals surface area contributed by atoms with Gasteiger partial charge in [0, 0.05) is 12.6 Å². The Balaban J connectivity index is 2.36. The number of benzene rings is 1. The van der Waals surface area contributed by atoms with Gasteiger partial charge in [0.15, 0.2) is 11.6 Å². The molecule has 1 unspecified atom stereocenters. The molecule has 1 heterocycles. The fraction of sp³-hybridized carbons (Fsp3) is 0.500. The monoisotopic (exact) mass is 284 g/mol. The molecule has 1 atom stereocenters. The number of hydrogen-bond donors (Lipinski definition) is 2. The second-order valence-electron chi connectivity index (χ2n) is 4.99. The Morgan fingerprint density at radius 2 is 2.10 bits per heavy atom. The molecule has 0 spiro atoms. The third kappa shape index (κ3) is 2.75. The maximum atomic E-state index is 14.1. The van der Waals surface area contributed by atoms with E-state index in [-0.39, 0.29) is 11.7 Å². The minimum absolute atomic E-state index is 0.0818. The lowest BCUT2D eigenvalue weighted by Gasteiger charge is -2.37. The van der Waals surface area contributed by atoms with Crippen LogP contribution in [-0.4, -0.2) is 30.2 Å². The number of carboxylic acids is 1. The van der Waals surface area contributed by atoms with Gasteiger partial charge in [-0.15, -0.1) is 0 Å². The highest BCUT2D eigenvalue weighted by atomic mass is 19.2. The van der Waals surface area contributed by atoms with Crippen LogP contribution in [0.4, 0.5) is 14.5 Å². The van der Waals surface area contributed by atoms with Gasteiger partial charge in [0.25, 0.3) is 0 Å². The van der Waals surface area contributed by atoms with Crippen LogP contribution < -0.4 is 10.6 Å². The summed E-state index contributed by atoms with van der Waals surface area (Å²) in [7, 11) is 0. The van der Waals surface area contributed by atoms with Gasteiger partial charge in [0.2, 0.25) is 0 Å². The second kappa shape index (κ2) is 6.17. The predicted molar refractivity (Wildman–Crippen MR) is 72.0 cm³/mol. The van der Waals surface area contributed by atoms with E-state index < -0.39 is 23.2 Å². The van der Waals surface area contributed by atoms with Crippen molar-refractivity contribution in [1.29, 1.82) is 0 Å². The van der Waals surface area contributed by atoms with Crippen molar-refractivity contribution < 1.29 is 18.7 Å². The Morgan fingerprint density at radius 3 is 2.75 bits per heavy atom. The van der Waals surface area contributed by atoms with E-state index in [1.807, 2.05) is 0 Å². The molecule has 0 amide bonds. The van der Waals surface area contributed by atoms with Crippen LogP contribution in [0, 0.1) is 11.6 Å². The summed E-state index contributed by atoms with van der Waals surface area (Å²) >= 11 is 0. The number of carbonyl (C=O) groups is 1. The number of carboxylic acid groups (broad SMARTS) is 1. The minimum Gasteiger partial charge on any atom is -0.478 e. The van der Waals surface area contributed by atoms with Crippen LogP contribution >= 0.6 is 0 Å². The molecule has 20 heavy (non-hydrogen) atoms. The third-order valence-electron chi connectivity index (χ3n) is 3.73. The van der Waals surface area contributed by atoms with E-state index >= 15 is 0 Å². The van der Waals surface area contributed by atoms with Crippen molar-refractivity contribution in [2.45, 2.75) is 31.7 Å². The van der Waals surface area contributed by atoms with Crippen LogP contribution in [-0.2, 0) is 0 Å². The molecule has 0 bridgehead atoms. The van der Waals surface area contributed by atoms with Crippen molar-refractivity contribution in [1.82, 2.24) is 0 Å². The Kier molecular flexibility index (Phi) is 4.54. The molecule has 0 aromatic heterocycles. The van der Waals surface area contributed by atoms with Crippen LogP contribution in [0.15, 0.2) is 12.1 Å². The highest BCUT2D eigenvalue weighted by Crippen LogP contribution is 2.30. The first-order chi connectivity index (χ1) is 9.56. The quantitative estimate of drug-likeness (QED) is 0.890. The van der Waals surface area contributed by atoms with Crippen molar-refractivity contribution in [3.8, 4) is 0 Å². The van der Waals surface area contributed by atoms with Crippen LogP contribution in [0.5, 0.6) is 0 Å². The van der Waals surface area contributed by atoms with E-state index in [0.29, 0.717) is 19.5 Å². The second-order valence-corrected chi connectivity index (χ2v) is 4.99. The number of halogens is 2. The predicted octanol–water partition coefficient (Wildman–Crippen LogP) is 2.37. The Labute approximate surface area is 116 Å². The number of nitrogens with two attached hydrogens (primary N) is 1. The SMILES string of the molecule is NCCC1CCCCN1c1ccc(C(=O)O)c(F)c1F. The fourth-order valence-corrected chi connectivity index (χ4v) is 2.74. The van der Waals surface area contributed by atoms with Crippen LogP contribution in [0.25, 0.3) is 0 Å². The average molecular weight is 284 g/mol. The lowest BCUT2D eigenvalue weighted by molar-refractivity contribution is 0.0690. The first-order valence-corrected chi connectivity index (χ1v) is 6.74. The molecule has 6 heteroatoms. The van der Waals surface area contributed by atoms with Crippen molar-refractivity contribution in [3.05, 3.63) is 29.3 Å². The molecule has 3 N–H and O–H groups in total. The molecule has 2 rings (SSSR count). The summed E-state index contributed by atoms with van der Waals surface area (Å²) in [6.07, 6.45) is 3.54. The average Bonchev–Trinajstić information content (AvgIpc) is 2.43. The molecule has 1 fully saturated rings. The summed E-state index contributed by atoms with van der Waals surface area (Å²) in [4.78, 5) is 12.6. The van der Waals surface area contributed by atoms with Crippen molar-refractivity contribution in [2.24, 2.45) is 5.73 Å². The van der Waals surface area contributed by atoms with Gasteiger partial charge in [-0.1, -0.05) is 0 Å². The van der Waals surface area contributed by atoms with E-state index in [1.165, 1.54) is 6.07 Å². The molecule has 110 valence electrons. The molecule has 4 nitrogen and oxygen atoms in total. The maximum absolute atomic E-state index is 14.1. The Hall–Kier alpha value is -1.69. The highest BCUT2D eigenvalue weighted by Gasteiger charge is 2.27. The zero-order valence-electron chi connectivity index (χ0n) is 11.1. The molecule has 0 saturated carbocycles. The summed E-state index contributed by atoms with van der Waals surface area (Å²) < 4.78 is 27.9. The molecule has 0 radical (unpaired) electrons. The zero-order chi connectivity index (χ0) is 14.7. The summed E-state index contributed by atoms with van der Waals surface area (Å²) in [6, 6.07) is 2.54. The van der Waals surface area contributed by atoms with Crippen molar-refractivity contribution in [3.63, 3.8) is 0 Å². The van der Waals surface area contributed by atoms with E-state index in [1.54, 1.807) is 4.90 Å². The number of piperidine rings is 1. The van der Waals surface area contributed by atoms with Crippen molar-refractivity contribution >= 4 is 11.7 Å². The summed E-state index contributed by atoms with van der Waals surface area (Å²) in [5.41, 5.74) is 5.05. The van der Waals surface area contributed by atoms with Gasteiger partial charge in [-0.2, -0.15) is 0 Å². The van der Waals surface area contributed by atoms with Gasteiger partial charge in [-0.05, 0) is 44.4 Å². The van der Waals surface area contributed by atoms with Crippen LogP contribution in [0.2, 0.25) is 0 Å². The number of anilines is 1.